The van der Waals surface area contributed by atoms with Gasteiger partial charge in [-0.15, -0.1) is 0 Å². The highest BCUT2D eigenvalue weighted by molar-refractivity contribution is 5.45. The number of rotatable bonds is 6. The van der Waals surface area contributed by atoms with Gasteiger partial charge in [-0.05, 0) is 55.5 Å². The van der Waals surface area contributed by atoms with Crippen LogP contribution >= 0.6 is 0 Å². The second-order valence-electron chi connectivity index (χ2n) is 5.64. The molecule has 0 saturated carbocycles. The Balaban J connectivity index is 1.56. The predicted octanol–water partition coefficient (Wildman–Crippen LogP) is 3.90. The molecule has 3 rings (SSSR count). The fourth-order valence-corrected chi connectivity index (χ4v) is 3.16. The molecule has 21 heavy (non-hydrogen) atoms. The second kappa shape index (κ2) is 6.77. The van der Waals surface area contributed by atoms with E-state index in [4.69, 9.17) is 4.74 Å². The van der Waals surface area contributed by atoms with Gasteiger partial charge in [0.05, 0.1) is 6.61 Å². The van der Waals surface area contributed by atoms with E-state index in [9.17, 15) is 0 Å². The number of benzene rings is 2. The molecule has 0 aliphatic heterocycles. The molecule has 0 heterocycles. The first-order chi connectivity index (χ1) is 10.4. The standard InChI is InChI=1S/C19H23NO/c1-20-18-13-12-17-16(18)10-5-11-19(17)21-14-6-9-15-7-3-2-4-8-15/h2-5,7-8,10-11,18,20H,6,9,12-14H2,1H3. The molecule has 1 unspecified atom stereocenters. The van der Waals surface area contributed by atoms with Crippen molar-refractivity contribution in [3.8, 4) is 5.75 Å². The highest BCUT2D eigenvalue weighted by atomic mass is 16.5. The van der Waals surface area contributed by atoms with Crippen LogP contribution < -0.4 is 10.1 Å². The molecule has 0 radical (unpaired) electrons. The summed E-state index contributed by atoms with van der Waals surface area (Å²) >= 11 is 0. The van der Waals surface area contributed by atoms with Crippen LogP contribution in [0.3, 0.4) is 0 Å². The molecule has 0 aromatic heterocycles. The SMILES string of the molecule is CNC1CCc2c(OCCCc3ccccc3)cccc21. The van der Waals surface area contributed by atoms with Gasteiger partial charge in [-0.2, -0.15) is 0 Å². The van der Waals surface area contributed by atoms with Gasteiger partial charge in [0.2, 0.25) is 0 Å². The van der Waals surface area contributed by atoms with E-state index in [0.717, 1.165) is 31.6 Å². The third-order valence-corrected chi connectivity index (χ3v) is 4.29. The van der Waals surface area contributed by atoms with Crippen LogP contribution in [-0.4, -0.2) is 13.7 Å². The maximum atomic E-state index is 6.04. The quantitative estimate of drug-likeness (QED) is 0.811. The van der Waals surface area contributed by atoms with E-state index >= 15 is 0 Å². The third kappa shape index (κ3) is 3.27. The van der Waals surface area contributed by atoms with Crippen molar-refractivity contribution < 1.29 is 4.74 Å². The van der Waals surface area contributed by atoms with E-state index in [1.807, 2.05) is 7.05 Å². The molecule has 1 N–H and O–H groups in total. The predicted molar refractivity (Wildman–Crippen MR) is 86.8 cm³/mol. The molecular formula is C19H23NO. The van der Waals surface area contributed by atoms with Gasteiger partial charge >= 0.3 is 0 Å². The first-order valence-corrected chi connectivity index (χ1v) is 7.84. The molecule has 0 bridgehead atoms. The Morgan fingerprint density at radius 3 is 2.76 bits per heavy atom. The minimum atomic E-state index is 0.493. The molecule has 110 valence electrons. The summed E-state index contributed by atoms with van der Waals surface area (Å²) in [5, 5.41) is 3.38. The Hall–Kier alpha value is -1.80. The average Bonchev–Trinajstić information content (AvgIpc) is 2.96. The fraction of sp³-hybridized carbons (Fsp3) is 0.368. The zero-order valence-corrected chi connectivity index (χ0v) is 12.6. The number of hydrogen-bond acceptors (Lipinski definition) is 2. The molecule has 0 spiro atoms. The van der Waals surface area contributed by atoms with Crippen LogP contribution in [0, 0.1) is 0 Å². The van der Waals surface area contributed by atoms with Gasteiger partial charge in [0.1, 0.15) is 5.75 Å². The molecule has 1 aliphatic rings. The smallest absolute Gasteiger partial charge is 0.122 e. The van der Waals surface area contributed by atoms with Crippen LogP contribution in [0.4, 0.5) is 0 Å². The van der Waals surface area contributed by atoms with E-state index in [0.29, 0.717) is 6.04 Å². The molecule has 0 saturated heterocycles. The van der Waals surface area contributed by atoms with E-state index in [2.05, 4.69) is 53.8 Å². The van der Waals surface area contributed by atoms with Gasteiger partial charge in [0, 0.05) is 6.04 Å². The number of hydrogen-bond donors (Lipinski definition) is 1. The summed E-state index contributed by atoms with van der Waals surface area (Å²) in [7, 11) is 2.03. The van der Waals surface area contributed by atoms with Crippen LogP contribution in [0.25, 0.3) is 0 Å². The molecule has 2 nitrogen and oxygen atoms in total. The summed E-state index contributed by atoms with van der Waals surface area (Å²) in [5.74, 6) is 1.08. The Bertz CT molecular complexity index is 579. The molecule has 1 atom stereocenters. The van der Waals surface area contributed by atoms with E-state index < -0.39 is 0 Å². The lowest BCUT2D eigenvalue weighted by Gasteiger charge is -2.13. The number of ether oxygens (including phenoxy) is 1. The highest BCUT2D eigenvalue weighted by Crippen LogP contribution is 2.36. The zero-order valence-electron chi connectivity index (χ0n) is 12.6. The summed E-state index contributed by atoms with van der Waals surface area (Å²) in [4.78, 5) is 0. The zero-order chi connectivity index (χ0) is 14.5. The third-order valence-electron chi connectivity index (χ3n) is 4.29. The number of aryl methyl sites for hydroxylation is 1. The first kappa shape index (κ1) is 14.2. The van der Waals surface area contributed by atoms with Crippen molar-refractivity contribution in [3.05, 3.63) is 65.2 Å². The first-order valence-electron chi connectivity index (χ1n) is 7.84. The van der Waals surface area contributed by atoms with Gasteiger partial charge < -0.3 is 10.1 Å². The van der Waals surface area contributed by atoms with E-state index in [-0.39, 0.29) is 0 Å². The van der Waals surface area contributed by atoms with Gasteiger partial charge in [-0.25, -0.2) is 0 Å². The van der Waals surface area contributed by atoms with Crippen molar-refractivity contribution in [3.63, 3.8) is 0 Å². The normalized spacial score (nSPS) is 16.7. The summed E-state index contributed by atoms with van der Waals surface area (Å²) < 4.78 is 6.04. The van der Waals surface area contributed by atoms with Crippen molar-refractivity contribution in [1.29, 1.82) is 0 Å². The van der Waals surface area contributed by atoms with Gasteiger partial charge in [0.25, 0.3) is 0 Å². The monoisotopic (exact) mass is 281 g/mol. The average molecular weight is 281 g/mol. The summed E-state index contributed by atoms with van der Waals surface area (Å²) in [5.41, 5.74) is 4.20. The maximum absolute atomic E-state index is 6.04. The van der Waals surface area contributed by atoms with Crippen molar-refractivity contribution in [2.75, 3.05) is 13.7 Å². The Morgan fingerprint density at radius 2 is 1.95 bits per heavy atom. The molecule has 2 aromatic rings. The van der Waals surface area contributed by atoms with Gasteiger partial charge in [-0.1, -0.05) is 42.5 Å². The maximum Gasteiger partial charge on any atom is 0.122 e. The molecule has 1 aliphatic carbocycles. The van der Waals surface area contributed by atoms with Crippen molar-refractivity contribution >= 4 is 0 Å². The number of fused-ring (bicyclic) bond motifs is 1. The molecule has 0 fully saturated rings. The Labute approximate surface area is 127 Å². The topological polar surface area (TPSA) is 21.3 Å². The van der Waals surface area contributed by atoms with Crippen molar-refractivity contribution in [2.45, 2.75) is 31.7 Å². The molecule has 2 aromatic carbocycles. The highest BCUT2D eigenvalue weighted by Gasteiger charge is 2.23. The van der Waals surface area contributed by atoms with Crippen LogP contribution in [0.2, 0.25) is 0 Å². The Morgan fingerprint density at radius 1 is 1.10 bits per heavy atom. The van der Waals surface area contributed by atoms with Crippen molar-refractivity contribution in [1.82, 2.24) is 5.32 Å². The van der Waals surface area contributed by atoms with E-state index in [1.54, 1.807) is 0 Å². The minimum Gasteiger partial charge on any atom is -0.493 e. The van der Waals surface area contributed by atoms with E-state index in [1.165, 1.54) is 23.1 Å². The second-order valence-corrected chi connectivity index (χ2v) is 5.64. The molecule has 2 heteroatoms. The van der Waals surface area contributed by atoms with Crippen LogP contribution in [0.5, 0.6) is 5.75 Å². The minimum absolute atomic E-state index is 0.493. The fourth-order valence-electron chi connectivity index (χ4n) is 3.16. The lowest BCUT2D eigenvalue weighted by molar-refractivity contribution is 0.308. The summed E-state index contributed by atoms with van der Waals surface area (Å²) in [6.45, 7) is 0.787. The van der Waals surface area contributed by atoms with Crippen LogP contribution in [-0.2, 0) is 12.8 Å². The van der Waals surface area contributed by atoms with Gasteiger partial charge in [-0.3, -0.25) is 0 Å². The molecular weight excluding hydrogens is 258 g/mol. The lowest BCUT2D eigenvalue weighted by Crippen LogP contribution is -2.12. The number of nitrogens with one attached hydrogen (secondary N) is 1. The van der Waals surface area contributed by atoms with Crippen LogP contribution in [0.15, 0.2) is 48.5 Å². The Kier molecular flexibility index (Phi) is 4.56. The largest absolute Gasteiger partial charge is 0.493 e. The summed E-state index contributed by atoms with van der Waals surface area (Å²) in [6, 6.07) is 17.5. The van der Waals surface area contributed by atoms with Crippen molar-refractivity contribution in [2.24, 2.45) is 0 Å². The van der Waals surface area contributed by atoms with Crippen LogP contribution in [0.1, 0.15) is 35.6 Å². The van der Waals surface area contributed by atoms with Gasteiger partial charge in [0.15, 0.2) is 0 Å². The lowest BCUT2D eigenvalue weighted by atomic mass is 10.1. The molecule has 0 amide bonds. The summed E-state index contributed by atoms with van der Waals surface area (Å²) in [6.07, 6.45) is 4.43.